The van der Waals surface area contributed by atoms with Gasteiger partial charge in [-0.1, -0.05) is 149 Å². The van der Waals surface area contributed by atoms with E-state index in [0.29, 0.717) is 20.4 Å². The largest absolute Gasteiger partial charge is 0.462 e. The molecular weight excluding hydrogens is 860 g/mol. The maximum Gasteiger partial charge on any atom is 0.302 e. The van der Waals surface area contributed by atoms with Crippen LogP contribution in [0.15, 0.2) is 0 Å². The second-order valence-electron chi connectivity index (χ2n) is 11.1. The van der Waals surface area contributed by atoms with Crippen molar-refractivity contribution in [2.45, 2.75) is 126 Å². The first-order valence-corrected chi connectivity index (χ1v) is 20.0. The fourth-order valence-corrected chi connectivity index (χ4v) is 6.46. The number of ether oxygens (including phenoxy) is 1. The van der Waals surface area contributed by atoms with Gasteiger partial charge in [0, 0.05) is 37.4 Å². The first-order chi connectivity index (χ1) is 17.1. The fraction of sp³-hybridized carbons (Fsp3) is 0.966. The molecule has 0 amide bonds. The van der Waals surface area contributed by atoms with E-state index in [9.17, 15) is 4.79 Å². The molecule has 0 aromatic carbocycles. The highest BCUT2D eigenvalue weighted by molar-refractivity contribution is 9.12. The first-order valence-electron chi connectivity index (χ1n) is 13.9. The minimum Gasteiger partial charge on any atom is -0.462 e. The minimum atomic E-state index is -0.142. The second-order valence-corrected chi connectivity index (χ2v) is 17.0. The van der Waals surface area contributed by atoms with Crippen LogP contribution in [0.5, 0.6) is 0 Å². The van der Waals surface area contributed by atoms with Crippen LogP contribution in [-0.2, 0) is 9.53 Å². The van der Waals surface area contributed by atoms with E-state index in [4.69, 9.17) is 4.74 Å². The molecule has 8 heteroatoms. The number of hydrogen-bond acceptors (Lipinski definition) is 2. The lowest BCUT2D eigenvalue weighted by atomic mass is 10.1. The molecule has 222 valence electrons. The Kier molecular flexibility index (Phi) is 24.3. The maximum atomic E-state index is 10.6. The Morgan fingerprint density at radius 1 is 0.703 bits per heavy atom. The minimum absolute atomic E-state index is 0. The lowest BCUT2D eigenvalue weighted by molar-refractivity contribution is -0.142. The van der Waals surface area contributed by atoms with Crippen molar-refractivity contribution in [1.82, 2.24) is 0 Å². The molecule has 0 heterocycles. The Morgan fingerprint density at radius 3 is 1.30 bits per heavy atom. The molecule has 3 aliphatic carbocycles. The zero-order valence-electron chi connectivity index (χ0n) is 22.4. The summed E-state index contributed by atoms with van der Waals surface area (Å²) >= 11 is 21.2. The third kappa shape index (κ3) is 21.7. The van der Waals surface area contributed by atoms with Gasteiger partial charge in [-0.15, -0.1) is 0 Å². The Hall–Kier alpha value is 2.35. The van der Waals surface area contributed by atoms with E-state index >= 15 is 0 Å². The Bertz CT molecular complexity index is 545. The van der Waals surface area contributed by atoms with Gasteiger partial charge in [0.1, 0.15) is 6.10 Å². The van der Waals surface area contributed by atoms with Crippen molar-refractivity contribution in [2.24, 2.45) is 29.6 Å². The highest BCUT2D eigenvalue weighted by Gasteiger charge is 2.39. The van der Waals surface area contributed by atoms with E-state index in [1.165, 1.54) is 77.6 Å². The predicted octanol–water partition coefficient (Wildman–Crippen LogP) is 11.8. The number of esters is 1. The Morgan fingerprint density at radius 2 is 1.03 bits per heavy atom. The molecule has 0 saturated heterocycles. The average molecular weight is 912 g/mol. The fourth-order valence-electron chi connectivity index (χ4n) is 4.52. The van der Waals surface area contributed by atoms with E-state index in [1.54, 1.807) is 0 Å². The van der Waals surface area contributed by atoms with Crippen molar-refractivity contribution < 1.29 is 9.53 Å². The van der Waals surface area contributed by atoms with E-state index in [-0.39, 0.29) is 19.5 Å². The quantitative estimate of drug-likeness (QED) is 0.114. The monoisotopic (exact) mass is 906 g/mol. The van der Waals surface area contributed by atoms with Gasteiger partial charge in [0.05, 0.1) is 0 Å². The van der Waals surface area contributed by atoms with Crippen LogP contribution in [-0.4, -0.2) is 42.5 Å². The smallest absolute Gasteiger partial charge is 0.302 e. The molecule has 2 nitrogen and oxygen atoms in total. The van der Waals surface area contributed by atoms with Crippen LogP contribution >= 0.6 is 95.6 Å². The molecule has 0 aromatic rings. The summed E-state index contributed by atoms with van der Waals surface area (Å²) in [6.07, 6.45) is 16.2. The van der Waals surface area contributed by atoms with Crippen molar-refractivity contribution in [1.29, 1.82) is 0 Å². The highest BCUT2D eigenvalue weighted by Crippen LogP contribution is 2.42. The van der Waals surface area contributed by atoms with Crippen LogP contribution in [0, 0.1) is 29.6 Å². The van der Waals surface area contributed by atoms with Crippen LogP contribution in [0.3, 0.4) is 0 Å². The molecule has 3 rings (SSSR count). The van der Waals surface area contributed by atoms with Gasteiger partial charge in [-0.2, -0.15) is 0 Å². The topological polar surface area (TPSA) is 26.3 Å². The number of rotatable bonds is 16. The van der Waals surface area contributed by atoms with E-state index in [1.807, 2.05) is 0 Å². The average Bonchev–Trinajstić information content (AvgIpc) is 3.79. The van der Waals surface area contributed by atoms with Crippen molar-refractivity contribution in [2.75, 3.05) is 16.0 Å². The molecule has 0 bridgehead atoms. The van der Waals surface area contributed by atoms with Crippen LogP contribution < -0.4 is 0 Å². The third-order valence-electron chi connectivity index (χ3n) is 7.51. The standard InChI is InChI=1S/C10H16Br2O2.2C9H16Br2.CH4/c1-7(13)14-10-5-8(10)3-2-4-9(12)6-11;2*1-7-5-8(7)3-2-4-9(11)6-10;/h8-10H,2-6H2,1H3;2*7-9H,2-6H2,1H3;1H4/t8-,9?,10-;2*7-,8-,9?;/m111./s1. The van der Waals surface area contributed by atoms with Gasteiger partial charge >= 0.3 is 5.97 Å². The van der Waals surface area contributed by atoms with E-state index in [2.05, 4.69) is 109 Å². The molecule has 0 aromatic heterocycles. The van der Waals surface area contributed by atoms with Gasteiger partial charge < -0.3 is 4.74 Å². The number of hydrogen-bond donors (Lipinski definition) is 0. The summed E-state index contributed by atoms with van der Waals surface area (Å²) in [5, 5.41) is 3.19. The van der Waals surface area contributed by atoms with E-state index in [0.717, 1.165) is 46.1 Å². The van der Waals surface area contributed by atoms with Crippen LogP contribution in [0.25, 0.3) is 0 Å². The normalized spacial score (nSPS) is 29.2. The molecule has 0 aliphatic heterocycles. The summed E-state index contributed by atoms with van der Waals surface area (Å²) in [6, 6.07) is 0. The molecule has 3 saturated carbocycles. The van der Waals surface area contributed by atoms with Crippen molar-refractivity contribution in [3.8, 4) is 0 Å². The van der Waals surface area contributed by atoms with Gasteiger partial charge in [-0.05, 0) is 74.5 Å². The number of carbonyl (C=O) groups excluding carboxylic acids is 1. The number of carbonyl (C=O) groups is 1. The summed E-state index contributed by atoms with van der Waals surface area (Å²) in [5.41, 5.74) is 0. The predicted molar refractivity (Wildman–Crippen MR) is 186 cm³/mol. The van der Waals surface area contributed by atoms with Gasteiger partial charge in [-0.25, -0.2) is 0 Å². The lowest BCUT2D eigenvalue weighted by Crippen LogP contribution is -2.03. The van der Waals surface area contributed by atoms with Crippen LogP contribution in [0.1, 0.15) is 105 Å². The molecule has 3 fully saturated rings. The van der Waals surface area contributed by atoms with Crippen molar-refractivity contribution in [3.05, 3.63) is 0 Å². The molecule has 3 aliphatic rings. The molecule has 0 radical (unpaired) electrons. The molecule has 37 heavy (non-hydrogen) atoms. The van der Waals surface area contributed by atoms with E-state index < -0.39 is 0 Å². The van der Waals surface area contributed by atoms with Gasteiger partial charge in [0.25, 0.3) is 0 Å². The molecular formula is C29H52Br6O2. The summed E-state index contributed by atoms with van der Waals surface area (Å²) in [7, 11) is 0. The molecule has 9 atom stereocenters. The molecule has 3 unspecified atom stereocenters. The van der Waals surface area contributed by atoms with Crippen molar-refractivity contribution in [3.63, 3.8) is 0 Å². The second kappa shape index (κ2) is 22.9. The van der Waals surface area contributed by atoms with Gasteiger partial charge in [-0.3, -0.25) is 4.79 Å². The van der Waals surface area contributed by atoms with Gasteiger partial charge in [0.15, 0.2) is 0 Å². The summed E-state index contributed by atoms with van der Waals surface area (Å²) in [6.45, 7) is 6.20. The number of alkyl halides is 6. The zero-order valence-corrected chi connectivity index (χ0v) is 31.9. The lowest BCUT2D eigenvalue weighted by Gasteiger charge is -2.04. The maximum absolute atomic E-state index is 10.6. The zero-order chi connectivity index (χ0) is 27.1. The van der Waals surface area contributed by atoms with Crippen LogP contribution in [0.4, 0.5) is 0 Å². The molecule has 0 N–H and O–H groups in total. The number of halogens is 6. The summed E-state index contributed by atoms with van der Waals surface area (Å²) in [5.74, 6) is 4.71. The highest BCUT2D eigenvalue weighted by atomic mass is 79.9. The van der Waals surface area contributed by atoms with Gasteiger partial charge in [0.2, 0.25) is 0 Å². The van der Waals surface area contributed by atoms with Crippen LogP contribution in [0.2, 0.25) is 0 Å². The Labute approximate surface area is 279 Å². The summed E-state index contributed by atoms with van der Waals surface area (Å²) in [4.78, 5) is 12.6. The third-order valence-corrected chi connectivity index (χ3v) is 14.8. The Balaban J connectivity index is 0.000000524. The van der Waals surface area contributed by atoms with Crippen molar-refractivity contribution >= 4 is 102 Å². The molecule has 0 spiro atoms. The SMILES string of the molecule is C.CC(=O)O[C@@H]1C[C@H]1CCCC(Br)CBr.C[C@@H]1C[C@H]1CCCC(Br)CBr.C[C@@H]1C[C@H]1CCCC(Br)CBr. The first kappa shape index (κ1) is 39.4. The summed E-state index contributed by atoms with van der Waals surface area (Å²) < 4.78 is 5.10.